The van der Waals surface area contributed by atoms with Gasteiger partial charge in [0.2, 0.25) is 5.91 Å². The Morgan fingerprint density at radius 3 is 2.92 bits per heavy atom. The molecule has 0 spiro atoms. The lowest BCUT2D eigenvalue weighted by molar-refractivity contribution is -0.125. The van der Waals surface area contributed by atoms with Gasteiger partial charge in [0, 0.05) is 32.3 Å². The number of carbonyl (C=O) groups is 1. The van der Waals surface area contributed by atoms with Crippen LogP contribution in [0.15, 0.2) is 36.7 Å². The van der Waals surface area contributed by atoms with Crippen molar-refractivity contribution in [1.29, 1.82) is 0 Å². The van der Waals surface area contributed by atoms with Gasteiger partial charge in [-0.3, -0.25) is 9.48 Å². The third kappa shape index (κ3) is 4.90. The first-order chi connectivity index (χ1) is 12.0. The smallest absolute Gasteiger partial charge is 0.225 e. The minimum atomic E-state index is -0.171. The van der Waals surface area contributed by atoms with Gasteiger partial charge in [0.15, 0.2) is 0 Å². The fourth-order valence-corrected chi connectivity index (χ4v) is 3.29. The Morgan fingerprint density at radius 1 is 1.46 bits per heavy atom. The van der Waals surface area contributed by atoms with Gasteiger partial charge in [-0.2, -0.15) is 5.10 Å². The zero-order valence-electron chi connectivity index (χ0n) is 14.8. The van der Waals surface area contributed by atoms with E-state index in [2.05, 4.69) is 15.7 Å². The molecule has 2 aromatic rings. The van der Waals surface area contributed by atoms with Gasteiger partial charge in [-0.15, -0.1) is 12.4 Å². The maximum absolute atomic E-state index is 12.6. The molecule has 1 aromatic heterocycles. The van der Waals surface area contributed by atoms with Crippen molar-refractivity contribution in [1.82, 2.24) is 20.4 Å². The molecule has 1 fully saturated rings. The summed E-state index contributed by atoms with van der Waals surface area (Å²) in [6.45, 7) is 3.80. The number of hydrogen-bond donors (Lipinski definition) is 2. The molecule has 1 amide bonds. The highest BCUT2D eigenvalue weighted by Crippen LogP contribution is 2.28. The molecule has 2 N–H and O–H groups in total. The van der Waals surface area contributed by atoms with E-state index in [0.717, 1.165) is 12.1 Å². The van der Waals surface area contributed by atoms with Crippen molar-refractivity contribution in [3.8, 4) is 5.75 Å². The minimum Gasteiger partial charge on any atom is -0.487 e. The number of halogens is 2. The van der Waals surface area contributed by atoms with Crippen molar-refractivity contribution < 1.29 is 9.53 Å². The average molecular weight is 399 g/mol. The highest BCUT2D eigenvalue weighted by molar-refractivity contribution is 6.32. The van der Waals surface area contributed by atoms with Gasteiger partial charge in [0.1, 0.15) is 11.9 Å². The van der Waals surface area contributed by atoms with Crippen LogP contribution in [0.2, 0.25) is 5.02 Å². The lowest BCUT2D eigenvalue weighted by Gasteiger charge is -2.20. The standard InChI is InChI=1S/C18H23ClN4O2.ClH/c1-12(25-17-6-4-3-5-16(17)19)7-21-18(24)15-10-20-9-14(15)13-8-22-23(2)11-13;/h3-6,8,11-12,14-15,20H,7,9-10H2,1-2H3,(H,21,24);1H/t12?,14-,15+;/m1./s1. The lowest BCUT2D eigenvalue weighted by atomic mass is 9.90. The Kier molecular flexibility index (Phi) is 7.32. The summed E-state index contributed by atoms with van der Waals surface area (Å²) in [5.74, 6) is 0.709. The second-order valence-electron chi connectivity index (χ2n) is 6.42. The number of hydrogen-bond acceptors (Lipinski definition) is 4. The zero-order chi connectivity index (χ0) is 17.8. The summed E-state index contributed by atoms with van der Waals surface area (Å²) in [6.07, 6.45) is 3.64. The van der Waals surface area contributed by atoms with Crippen LogP contribution < -0.4 is 15.4 Å². The van der Waals surface area contributed by atoms with E-state index in [-0.39, 0.29) is 36.3 Å². The number of aryl methyl sites for hydroxylation is 1. The first-order valence-electron chi connectivity index (χ1n) is 8.42. The molecule has 8 heteroatoms. The van der Waals surface area contributed by atoms with Crippen molar-refractivity contribution >= 4 is 29.9 Å². The summed E-state index contributed by atoms with van der Waals surface area (Å²) in [5.41, 5.74) is 1.09. The maximum Gasteiger partial charge on any atom is 0.225 e. The molecule has 1 saturated heterocycles. The second-order valence-corrected chi connectivity index (χ2v) is 6.83. The molecule has 3 rings (SSSR count). The third-order valence-electron chi connectivity index (χ3n) is 4.43. The van der Waals surface area contributed by atoms with Crippen molar-refractivity contribution in [2.75, 3.05) is 19.6 Å². The summed E-state index contributed by atoms with van der Waals surface area (Å²) in [7, 11) is 1.88. The summed E-state index contributed by atoms with van der Waals surface area (Å²) >= 11 is 6.10. The van der Waals surface area contributed by atoms with E-state index < -0.39 is 0 Å². The quantitative estimate of drug-likeness (QED) is 0.783. The summed E-state index contributed by atoms with van der Waals surface area (Å²) in [5, 5.41) is 11.1. The molecule has 26 heavy (non-hydrogen) atoms. The summed E-state index contributed by atoms with van der Waals surface area (Å²) in [4.78, 5) is 12.6. The Morgan fingerprint density at radius 2 is 2.23 bits per heavy atom. The predicted molar refractivity (Wildman–Crippen MR) is 104 cm³/mol. The van der Waals surface area contributed by atoms with Gasteiger partial charge in [0.05, 0.1) is 23.7 Å². The number of nitrogens with zero attached hydrogens (tertiary/aromatic N) is 2. The van der Waals surface area contributed by atoms with Crippen LogP contribution in [0.1, 0.15) is 18.4 Å². The number of rotatable bonds is 6. The Labute approximate surface area is 164 Å². The van der Waals surface area contributed by atoms with Crippen LogP contribution in [0.5, 0.6) is 5.75 Å². The average Bonchev–Trinajstić information content (AvgIpc) is 3.23. The van der Waals surface area contributed by atoms with Crippen LogP contribution in [0.4, 0.5) is 0 Å². The zero-order valence-corrected chi connectivity index (χ0v) is 16.4. The predicted octanol–water partition coefficient (Wildman–Crippen LogP) is 2.38. The molecule has 0 bridgehead atoms. The number of nitrogens with one attached hydrogen (secondary N) is 2. The van der Waals surface area contributed by atoms with E-state index in [1.165, 1.54) is 0 Å². The van der Waals surface area contributed by atoms with Gasteiger partial charge >= 0.3 is 0 Å². The molecule has 0 saturated carbocycles. The fraction of sp³-hybridized carbons (Fsp3) is 0.444. The van der Waals surface area contributed by atoms with Crippen LogP contribution in [-0.2, 0) is 11.8 Å². The van der Waals surface area contributed by atoms with E-state index in [0.29, 0.717) is 23.9 Å². The highest BCUT2D eigenvalue weighted by Gasteiger charge is 2.34. The molecule has 0 radical (unpaired) electrons. The monoisotopic (exact) mass is 398 g/mol. The van der Waals surface area contributed by atoms with Crippen molar-refractivity contribution in [2.45, 2.75) is 18.9 Å². The molecule has 1 aliphatic heterocycles. The normalized spacial score (nSPS) is 20.3. The van der Waals surface area contributed by atoms with Gasteiger partial charge in [-0.05, 0) is 24.6 Å². The maximum atomic E-state index is 12.6. The molecule has 1 aliphatic rings. The van der Waals surface area contributed by atoms with Crippen LogP contribution in [-0.4, -0.2) is 41.4 Å². The number of para-hydroxylation sites is 1. The van der Waals surface area contributed by atoms with Gasteiger partial charge in [-0.1, -0.05) is 23.7 Å². The SMILES string of the molecule is CC(CNC(=O)[C@H]1CNC[C@@H]1c1cnn(C)c1)Oc1ccccc1Cl.Cl. The van der Waals surface area contributed by atoms with Crippen LogP contribution in [0, 0.1) is 5.92 Å². The van der Waals surface area contributed by atoms with E-state index in [1.807, 2.05) is 44.6 Å². The molecule has 3 atom stereocenters. The molecule has 1 unspecified atom stereocenters. The summed E-state index contributed by atoms with van der Waals surface area (Å²) < 4.78 is 7.56. The largest absolute Gasteiger partial charge is 0.487 e. The van der Waals surface area contributed by atoms with Gasteiger partial charge < -0.3 is 15.4 Å². The number of benzene rings is 1. The Hall–Kier alpha value is -1.76. The minimum absolute atomic E-state index is 0. The number of aromatic nitrogens is 2. The van der Waals surface area contributed by atoms with Crippen LogP contribution in [0.25, 0.3) is 0 Å². The summed E-state index contributed by atoms with van der Waals surface area (Å²) in [6, 6.07) is 7.33. The van der Waals surface area contributed by atoms with E-state index >= 15 is 0 Å². The molecular weight excluding hydrogens is 375 g/mol. The van der Waals surface area contributed by atoms with E-state index in [9.17, 15) is 4.79 Å². The lowest BCUT2D eigenvalue weighted by Crippen LogP contribution is -2.39. The second kappa shape index (κ2) is 9.26. The first-order valence-corrected chi connectivity index (χ1v) is 8.80. The Balaban J connectivity index is 0.00000243. The first kappa shape index (κ1) is 20.6. The van der Waals surface area contributed by atoms with Crippen molar-refractivity contribution in [3.63, 3.8) is 0 Å². The van der Waals surface area contributed by atoms with Gasteiger partial charge in [0.25, 0.3) is 0 Å². The highest BCUT2D eigenvalue weighted by atomic mass is 35.5. The number of amides is 1. The van der Waals surface area contributed by atoms with Crippen LogP contribution in [0.3, 0.4) is 0 Å². The van der Waals surface area contributed by atoms with Crippen molar-refractivity contribution in [3.05, 3.63) is 47.2 Å². The van der Waals surface area contributed by atoms with E-state index in [4.69, 9.17) is 16.3 Å². The molecule has 142 valence electrons. The van der Waals surface area contributed by atoms with E-state index in [1.54, 1.807) is 10.7 Å². The molecule has 1 aromatic carbocycles. The van der Waals surface area contributed by atoms with Gasteiger partial charge in [-0.25, -0.2) is 0 Å². The van der Waals surface area contributed by atoms with Crippen molar-refractivity contribution in [2.24, 2.45) is 13.0 Å². The molecule has 2 heterocycles. The number of ether oxygens (including phenoxy) is 1. The molecular formula is C18H24Cl2N4O2. The molecule has 0 aliphatic carbocycles. The Bertz CT molecular complexity index is 737. The number of carbonyl (C=O) groups excluding carboxylic acids is 1. The fourth-order valence-electron chi connectivity index (χ4n) is 3.11. The van der Waals surface area contributed by atoms with Crippen LogP contribution >= 0.6 is 24.0 Å². The third-order valence-corrected chi connectivity index (χ3v) is 4.74. The topological polar surface area (TPSA) is 68.2 Å². The molecule has 6 nitrogen and oxygen atoms in total.